The molecule has 3 heteroatoms. The molecular formula is C13H30N3+. The van der Waals surface area contributed by atoms with E-state index >= 15 is 0 Å². The Morgan fingerprint density at radius 3 is 2.50 bits per heavy atom. The van der Waals surface area contributed by atoms with Gasteiger partial charge >= 0.3 is 0 Å². The molecule has 3 nitrogen and oxygen atoms in total. The van der Waals surface area contributed by atoms with Crippen LogP contribution in [0.2, 0.25) is 0 Å². The van der Waals surface area contributed by atoms with E-state index in [1.807, 2.05) is 14.1 Å². The smallest absolute Gasteiger partial charge is 0.261 e. The maximum atomic E-state index is 3.12. The SMILES string of the molecule is CCC(C)CCCC[N+](C)=C(C)N(C)NC. The average molecular weight is 228 g/mol. The first-order chi connectivity index (χ1) is 7.52. The van der Waals surface area contributed by atoms with Gasteiger partial charge in [-0.1, -0.05) is 26.7 Å². The molecule has 0 amide bonds. The van der Waals surface area contributed by atoms with Crippen LogP contribution in [-0.4, -0.2) is 43.1 Å². The number of hydrogen-bond acceptors (Lipinski definition) is 1. The minimum Gasteiger partial charge on any atom is -0.267 e. The van der Waals surface area contributed by atoms with Gasteiger partial charge in [0.1, 0.15) is 0 Å². The number of amidine groups is 1. The number of rotatable bonds is 7. The lowest BCUT2D eigenvalue weighted by Gasteiger charge is -2.13. The van der Waals surface area contributed by atoms with Gasteiger partial charge < -0.3 is 0 Å². The fourth-order valence-corrected chi connectivity index (χ4v) is 1.63. The van der Waals surface area contributed by atoms with E-state index in [2.05, 4.69) is 42.8 Å². The van der Waals surface area contributed by atoms with Gasteiger partial charge in [0.05, 0.1) is 20.6 Å². The minimum absolute atomic E-state index is 0.885. The lowest BCUT2D eigenvalue weighted by molar-refractivity contribution is -0.503. The summed E-state index contributed by atoms with van der Waals surface area (Å²) in [5.41, 5.74) is 3.12. The summed E-state index contributed by atoms with van der Waals surface area (Å²) in [6.07, 6.45) is 5.31. The van der Waals surface area contributed by atoms with Crippen LogP contribution in [-0.2, 0) is 0 Å². The first kappa shape index (κ1) is 15.4. The molecule has 0 aliphatic carbocycles. The summed E-state index contributed by atoms with van der Waals surface area (Å²) < 4.78 is 2.31. The van der Waals surface area contributed by atoms with E-state index in [9.17, 15) is 0 Å². The quantitative estimate of drug-likeness (QED) is 0.237. The van der Waals surface area contributed by atoms with Crippen molar-refractivity contribution in [2.45, 2.75) is 46.5 Å². The molecule has 0 fully saturated rings. The monoisotopic (exact) mass is 228 g/mol. The second-order valence-electron chi connectivity index (χ2n) is 4.76. The Bertz CT molecular complexity index is 211. The van der Waals surface area contributed by atoms with Crippen LogP contribution in [0.15, 0.2) is 0 Å². The average Bonchev–Trinajstić information content (AvgIpc) is 2.31. The van der Waals surface area contributed by atoms with Crippen molar-refractivity contribution in [3.8, 4) is 0 Å². The Morgan fingerprint density at radius 2 is 2.00 bits per heavy atom. The van der Waals surface area contributed by atoms with Crippen molar-refractivity contribution in [2.75, 3.05) is 27.7 Å². The topological polar surface area (TPSA) is 18.3 Å². The summed E-state index contributed by atoms with van der Waals surface area (Å²) in [7, 11) is 6.15. The van der Waals surface area contributed by atoms with Crippen LogP contribution in [0.25, 0.3) is 0 Å². The van der Waals surface area contributed by atoms with Gasteiger partial charge in [-0.2, -0.15) is 10.4 Å². The zero-order valence-corrected chi connectivity index (χ0v) is 12.0. The summed E-state index contributed by atoms with van der Waals surface area (Å²) >= 11 is 0. The maximum absolute atomic E-state index is 3.12. The van der Waals surface area contributed by atoms with Crippen molar-refractivity contribution in [1.82, 2.24) is 10.4 Å². The van der Waals surface area contributed by atoms with Crippen LogP contribution in [0.1, 0.15) is 46.5 Å². The molecule has 0 aliphatic heterocycles. The predicted octanol–water partition coefficient (Wildman–Crippen LogP) is 2.33. The molecule has 1 unspecified atom stereocenters. The van der Waals surface area contributed by atoms with Gasteiger partial charge in [-0.3, -0.25) is 4.58 Å². The first-order valence-electron chi connectivity index (χ1n) is 6.48. The molecule has 1 N–H and O–H groups in total. The Morgan fingerprint density at radius 1 is 1.38 bits per heavy atom. The molecule has 0 saturated carbocycles. The number of nitrogens with one attached hydrogen (secondary N) is 1. The molecule has 0 spiro atoms. The highest BCUT2D eigenvalue weighted by Gasteiger charge is 2.09. The van der Waals surface area contributed by atoms with Crippen LogP contribution in [0.5, 0.6) is 0 Å². The molecule has 1 atom stereocenters. The van der Waals surface area contributed by atoms with Gasteiger partial charge in [0, 0.05) is 14.0 Å². The molecule has 0 bridgehead atoms. The molecule has 0 rings (SSSR count). The normalized spacial score (nSPS) is 14.6. The molecule has 16 heavy (non-hydrogen) atoms. The van der Waals surface area contributed by atoms with Crippen LogP contribution in [0, 0.1) is 5.92 Å². The molecular weight excluding hydrogens is 198 g/mol. The molecule has 0 aromatic carbocycles. The number of unbranched alkanes of at least 4 members (excludes halogenated alkanes) is 1. The van der Waals surface area contributed by atoms with Crippen molar-refractivity contribution in [3.05, 3.63) is 0 Å². The van der Waals surface area contributed by atoms with Crippen LogP contribution in [0.3, 0.4) is 0 Å². The van der Waals surface area contributed by atoms with Crippen molar-refractivity contribution >= 4 is 5.84 Å². The molecule has 0 radical (unpaired) electrons. The summed E-state index contributed by atoms with van der Waals surface area (Å²) in [6.45, 7) is 7.91. The second kappa shape index (κ2) is 8.57. The third-order valence-electron chi connectivity index (χ3n) is 3.51. The molecule has 0 aliphatic rings. The van der Waals surface area contributed by atoms with E-state index in [1.54, 1.807) is 0 Å². The number of hydrogen-bond donors (Lipinski definition) is 1. The van der Waals surface area contributed by atoms with Gasteiger partial charge in [0.15, 0.2) is 0 Å². The molecule has 0 heterocycles. The zero-order chi connectivity index (χ0) is 12.6. The fourth-order valence-electron chi connectivity index (χ4n) is 1.63. The van der Waals surface area contributed by atoms with Gasteiger partial charge in [-0.25, -0.2) is 0 Å². The molecule has 96 valence electrons. The van der Waals surface area contributed by atoms with E-state index in [0.717, 1.165) is 12.5 Å². The lowest BCUT2D eigenvalue weighted by atomic mass is 10.0. The van der Waals surface area contributed by atoms with Crippen molar-refractivity contribution < 1.29 is 4.58 Å². The van der Waals surface area contributed by atoms with E-state index in [1.165, 1.54) is 31.5 Å². The standard InChI is InChI=1S/C13H30N3/c1-7-12(2)10-8-9-11-15(5)13(3)16(6)14-4/h12,14H,7-11H2,1-6H3/q+1. The van der Waals surface area contributed by atoms with Gasteiger partial charge in [-0.15, -0.1) is 0 Å². The van der Waals surface area contributed by atoms with E-state index in [0.29, 0.717) is 0 Å². The zero-order valence-electron chi connectivity index (χ0n) is 12.0. The minimum atomic E-state index is 0.885. The highest BCUT2D eigenvalue weighted by molar-refractivity contribution is 5.73. The largest absolute Gasteiger partial charge is 0.267 e. The van der Waals surface area contributed by atoms with Crippen molar-refractivity contribution in [2.24, 2.45) is 5.92 Å². The Balaban J connectivity index is 3.84. The van der Waals surface area contributed by atoms with Crippen molar-refractivity contribution in [3.63, 3.8) is 0 Å². The van der Waals surface area contributed by atoms with Gasteiger partial charge in [0.2, 0.25) is 0 Å². The van der Waals surface area contributed by atoms with E-state index in [-0.39, 0.29) is 0 Å². The Hall–Kier alpha value is -0.570. The van der Waals surface area contributed by atoms with Gasteiger partial charge in [0.25, 0.3) is 5.84 Å². The number of nitrogens with zero attached hydrogens (tertiary/aromatic N) is 2. The summed E-state index contributed by atoms with van der Waals surface area (Å²) in [4.78, 5) is 0. The van der Waals surface area contributed by atoms with Crippen LogP contribution in [0.4, 0.5) is 0 Å². The molecule has 0 aromatic rings. The van der Waals surface area contributed by atoms with Gasteiger partial charge in [-0.05, 0) is 18.8 Å². The second-order valence-corrected chi connectivity index (χ2v) is 4.76. The Kier molecular flexibility index (Phi) is 8.26. The summed E-state index contributed by atoms with van der Waals surface area (Å²) in [5, 5.41) is 2.05. The maximum Gasteiger partial charge on any atom is 0.261 e. The van der Waals surface area contributed by atoms with Crippen LogP contribution >= 0.6 is 0 Å². The summed E-state index contributed by atoms with van der Waals surface area (Å²) in [5.74, 6) is 2.15. The van der Waals surface area contributed by atoms with E-state index in [4.69, 9.17) is 0 Å². The highest BCUT2D eigenvalue weighted by Crippen LogP contribution is 2.10. The molecule has 0 aromatic heterocycles. The van der Waals surface area contributed by atoms with E-state index < -0.39 is 0 Å². The fraction of sp³-hybridized carbons (Fsp3) is 0.923. The predicted molar refractivity (Wildman–Crippen MR) is 71.9 cm³/mol. The van der Waals surface area contributed by atoms with Crippen molar-refractivity contribution in [1.29, 1.82) is 0 Å². The number of hydrazine groups is 1. The third kappa shape index (κ3) is 6.11. The lowest BCUT2D eigenvalue weighted by Crippen LogP contribution is -2.40. The summed E-state index contributed by atoms with van der Waals surface area (Å²) in [6, 6.07) is 0. The molecule has 0 saturated heterocycles. The highest BCUT2D eigenvalue weighted by atomic mass is 15.5. The van der Waals surface area contributed by atoms with Crippen LogP contribution < -0.4 is 5.43 Å². The third-order valence-corrected chi connectivity index (χ3v) is 3.51. The first-order valence-corrected chi connectivity index (χ1v) is 6.48. The Labute approximate surface area is 102 Å².